The third-order valence-electron chi connectivity index (χ3n) is 4.53. The van der Waals surface area contributed by atoms with Gasteiger partial charge in [0.1, 0.15) is 10.9 Å². The number of aryl methyl sites for hydroxylation is 1. The van der Waals surface area contributed by atoms with Gasteiger partial charge in [-0.15, -0.1) is 0 Å². The van der Waals surface area contributed by atoms with E-state index in [1.807, 2.05) is 30.3 Å². The topological polar surface area (TPSA) is 75.3 Å². The lowest BCUT2D eigenvalue weighted by molar-refractivity contribution is -0.117. The number of benzene rings is 3. The number of amides is 1. The lowest BCUT2D eigenvalue weighted by Crippen LogP contribution is -2.45. The Bertz CT molecular complexity index is 1200. The number of carbonyl (C=O) groups is 1. The van der Waals surface area contributed by atoms with E-state index in [9.17, 15) is 13.2 Å². The Hall–Kier alpha value is -2.09. The molecule has 0 saturated heterocycles. The number of halogens is 3. The van der Waals surface area contributed by atoms with E-state index in [0.717, 1.165) is 11.1 Å². The Morgan fingerprint density at radius 2 is 1.58 bits per heavy atom. The van der Waals surface area contributed by atoms with Crippen LogP contribution in [0.25, 0.3) is 0 Å². The fraction of sp³-hybridized carbons (Fsp3) is 0.136. The zero-order valence-corrected chi connectivity index (χ0v) is 19.5. The molecule has 0 radical (unpaired) electrons. The number of hydrogen-bond donors (Lipinski definition) is 2. The summed E-state index contributed by atoms with van der Waals surface area (Å²) < 4.78 is 28.5. The molecule has 3 aromatic carbocycles. The third-order valence-corrected chi connectivity index (χ3v) is 6.95. The molecule has 0 heterocycles. The average molecular weight is 498 g/mol. The molecule has 0 aromatic heterocycles. The van der Waals surface area contributed by atoms with Gasteiger partial charge in [-0.05, 0) is 60.9 Å². The third kappa shape index (κ3) is 6.21. The second-order valence-corrected chi connectivity index (χ2v) is 9.85. The second kappa shape index (κ2) is 10.0. The van der Waals surface area contributed by atoms with E-state index in [4.69, 9.17) is 34.8 Å². The molecule has 0 aliphatic heterocycles. The Kier molecular flexibility index (Phi) is 7.62. The predicted octanol–water partition coefficient (Wildman–Crippen LogP) is 5.48. The molecule has 0 saturated carbocycles. The van der Waals surface area contributed by atoms with Gasteiger partial charge in [0.05, 0.1) is 5.02 Å². The van der Waals surface area contributed by atoms with Crippen LogP contribution in [-0.4, -0.2) is 20.4 Å². The highest BCUT2D eigenvalue weighted by atomic mass is 35.5. The SMILES string of the molecule is Cc1cc(Cl)ccc1NC(=O)[C@@H](Cc1ccccc1)NS(=O)(=O)c1cc(Cl)ccc1Cl. The maximum absolute atomic E-state index is 13.1. The van der Waals surface area contributed by atoms with Crippen molar-refractivity contribution >= 4 is 56.4 Å². The number of carbonyl (C=O) groups excluding carboxylic acids is 1. The summed E-state index contributed by atoms with van der Waals surface area (Å²) in [4.78, 5) is 12.9. The lowest BCUT2D eigenvalue weighted by Gasteiger charge is -2.20. The van der Waals surface area contributed by atoms with E-state index in [1.54, 1.807) is 25.1 Å². The van der Waals surface area contributed by atoms with Crippen molar-refractivity contribution in [2.24, 2.45) is 0 Å². The maximum Gasteiger partial charge on any atom is 0.242 e. The van der Waals surface area contributed by atoms with Crippen LogP contribution in [0.1, 0.15) is 11.1 Å². The van der Waals surface area contributed by atoms with Gasteiger partial charge in [0.15, 0.2) is 0 Å². The van der Waals surface area contributed by atoms with E-state index in [0.29, 0.717) is 10.7 Å². The molecule has 5 nitrogen and oxygen atoms in total. The summed E-state index contributed by atoms with van der Waals surface area (Å²) in [6, 6.07) is 17.1. The Morgan fingerprint density at radius 3 is 2.26 bits per heavy atom. The van der Waals surface area contributed by atoms with Crippen LogP contribution in [-0.2, 0) is 21.2 Å². The number of anilines is 1. The zero-order valence-electron chi connectivity index (χ0n) is 16.4. The molecule has 0 spiro atoms. The first-order valence-corrected chi connectivity index (χ1v) is 11.9. The van der Waals surface area contributed by atoms with Gasteiger partial charge < -0.3 is 5.32 Å². The monoisotopic (exact) mass is 496 g/mol. The van der Waals surface area contributed by atoms with E-state index >= 15 is 0 Å². The second-order valence-electron chi connectivity index (χ2n) is 6.89. The minimum atomic E-state index is -4.14. The fourth-order valence-corrected chi connectivity index (χ4v) is 5.14. The molecule has 0 aliphatic rings. The Morgan fingerprint density at radius 1 is 0.935 bits per heavy atom. The molecule has 0 aliphatic carbocycles. The van der Waals surface area contributed by atoms with Crippen LogP contribution < -0.4 is 10.0 Å². The van der Waals surface area contributed by atoms with E-state index < -0.39 is 22.0 Å². The highest BCUT2D eigenvalue weighted by Crippen LogP contribution is 2.26. The van der Waals surface area contributed by atoms with Gasteiger partial charge in [0.2, 0.25) is 15.9 Å². The maximum atomic E-state index is 13.1. The first-order chi connectivity index (χ1) is 14.7. The normalized spacial score (nSPS) is 12.4. The van der Waals surface area contributed by atoms with Crippen molar-refractivity contribution in [1.29, 1.82) is 0 Å². The quantitative estimate of drug-likeness (QED) is 0.454. The van der Waals surface area contributed by atoms with Gasteiger partial charge >= 0.3 is 0 Å². The van der Waals surface area contributed by atoms with Crippen LogP contribution in [0.15, 0.2) is 71.6 Å². The lowest BCUT2D eigenvalue weighted by atomic mass is 10.1. The highest BCUT2D eigenvalue weighted by molar-refractivity contribution is 7.89. The first-order valence-electron chi connectivity index (χ1n) is 9.24. The Balaban J connectivity index is 1.92. The van der Waals surface area contributed by atoms with Gasteiger partial charge in [-0.25, -0.2) is 8.42 Å². The molecule has 3 rings (SSSR count). The largest absolute Gasteiger partial charge is 0.324 e. The molecule has 3 aromatic rings. The average Bonchev–Trinajstić information content (AvgIpc) is 2.72. The predicted molar refractivity (Wildman–Crippen MR) is 126 cm³/mol. The number of sulfonamides is 1. The van der Waals surface area contributed by atoms with Gasteiger partial charge in [-0.3, -0.25) is 4.79 Å². The van der Waals surface area contributed by atoms with Crippen molar-refractivity contribution in [3.05, 3.63) is 92.9 Å². The molecule has 1 amide bonds. The molecule has 0 fully saturated rings. The summed E-state index contributed by atoms with van der Waals surface area (Å²) in [5.41, 5.74) is 2.07. The van der Waals surface area contributed by atoms with Gasteiger partial charge in [0.25, 0.3) is 0 Å². The standard InChI is InChI=1S/C22H19Cl3N2O3S/c1-14-11-16(23)8-10-19(14)26-22(28)20(12-15-5-3-2-4-6-15)27-31(29,30)21-13-17(24)7-9-18(21)25/h2-11,13,20,27H,12H2,1H3,(H,26,28)/t20-/m1/s1. The molecule has 9 heteroatoms. The van der Waals surface area contributed by atoms with E-state index in [2.05, 4.69) is 10.0 Å². The first kappa shape index (κ1) is 23.6. The number of rotatable bonds is 7. The van der Waals surface area contributed by atoms with Crippen LogP contribution in [0.4, 0.5) is 5.69 Å². The number of hydrogen-bond acceptors (Lipinski definition) is 3. The molecular formula is C22H19Cl3N2O3S. The summed E-state index contributed by atoms with van der Waals surface area (Å²) in [7, 11) is -4.14. The summed E-state index contributed by atoms with van der Waals surface area (Å²) in [6.07, 6.45) is 0.136. The van der Waals surface area contributed by atoms with Crippen LogP contribution in [0.3, 0.4) is 0 Å². The molecule has 2 N–H and O–H groups in total. The minimum Gasteiger partial charge on any atom is -0.324 e. The van der Waals surface area contributed by atoms with Crippen LogP contribution in [0.2, 0.25) is 15.1 Å². The molecular weight excluding hydrogens is 479 g/mol. The van der Waals surface area contributed by atoms with Crippen LogP contribution in [0, 0.1) is 6.92 Å². The van der Waals surface area contributed by atoms with Crippen LogP contribution in [0.5, 0.6) is 0 Å². The zero-order chi connectivity index (χ0) is 22.6. The summed E-state index contributed by atoms with van der Waals surface area (Å²) >= 11 is 18.0. The highest BCUT2D eigenvalue weighted by Gasteiger charge is 2.28. The van der Waals surface area contributed by atoms with Crippen molar-refractivity contribution in [3.8, 4) is 0 Å². The molecule has 0 bridgehead atoms. The smallest absolute Gasteiger partial charge is 0.242 e. The van der Waals surface area contributed by atoms with Crippen molar-refractivity contribution in [2.45, 2.75) is 24.3 Å². The Labute approximate surface area is 196 Å². The fourth-order valence-electron chi connectivity index (χ4n) is 2.96. The summed E-state index contributed by atoms with van der Waals surface area (Å²) in [5, 5.41) is 3.53. The molecule has 0 unspecified atom stereocenters. The minimum absolute atomic E-state index is 0.00400. The van der Waals surface area contributed by atoms with Gasteiger partial charge in [-0.2, -0.15) is 4.72 Å². The van der Waals surface area contributed by atoms with Crippen molar-refractivity contribution < 1.29 is 13.2 Å². The molecule has 162 valence electrons. The van der Waals surface area contributed by atoms with Crippen LogP contribution >= 0.6 is 34.8 Å². The molecule has 31 heavy (non-hydrogen) atoms. The van der Waals surface area contributed by atoms with Gasteiger partial charge in [0, 0.05) is 15.7 Å². The van der Waals surface area contributed by atoms with E-state index in [1.165, 1.54) is 18.2 Å². The molecule has 1 atom stereocenters. The summed E-state index contributed by atoms with van der Waals surface area (Å²) in [5.74, 6) is -0.518. The summed E-state index contributed by atoms with van der Waals surface area (Å²) in [6.45, 7) is 1.80. The number of nitrogens with one attached hydrogen (secondary N) is 2. The van der Waals surface area contributed by atoms with E-state index in [-0.39, 0.29) is 21.4 Å². The van der Waals surface area contributed by atoms with Gasteiger partial charge in [-0.1, -0.05) is 65.1 Å². The van der Waals surface area contributed by atoms with Crippen molar-refractivity contribution in [3.63, 3.8) is 0 Å². The van der Waals surface area contributed by atoms with Crippen molar-refractivity contribution in [1.82, 2.24) is 4.72 Å². The van der Waals surface area contributed by atoms with Crippen molar-refractivity contribution in [2.75, 3.05) is 5.32 Å².